The van der Waals surface area contributed by atoms with Crippen LogP contribution < -0.4 is 0 Å². The summed E-state index contributed by atoms with van der Waals surface area (Å²) in [5.41, 5.74) is 0. The van der Waals surface area contributed by atoms with E-state index in [0.717, 1.165) is 0 Å². The molecule has 0 atom stereocenters. The lowest BCUT2D eigenvalue weighted by atomic mass is 10.1. The van der Waals surface area contributed by atoms with Gasteiger partial charge in [0.2, 0.25) is 0 Å². The third-order valence-corrected chi connectivity index (χ3v) is 3.20. The molecule has 4 nitrogen and oxygen atoms in total. The topological polar surface area (TPSA) is 71.4 Å². The molecule has 0 unspecified atom stereocenters. The standard InChI is InChI=1S/C5HF8IO4S.FH/c6-2(7,4(10,11)14)1(15)3(8,9)5(12,13)19(16,17)18;/h(H,16,17,18);1H. The summed E-state index contributed by atoms with van der Waals surface area (Å²) >= 11 is -0.471. The molecule has 122 valence electrons. The quantitative estimate of drug-likeness (QED) is 0.299. The Morgan fingerprint density at radius 2 is 1.20 bits per heavy atom. The summed E-state index contributed by atoms with van der Waals surface area (Å²) < 4.78 is 122. The molecule has 0 aliphatic rings. The number of ketones is 1. The normalized spacial score (nSPS) is 14.7. The number of halogens is 10. The van der Waals surface area contributed by atoms with Crippen LogP contribution in [-0.4, -0.2) is 39.8 Å². The van der Waals surface area contributed by atoms with E-state index in [1.54, 1.807) is 0 Å². The van der Waals surface area contributed by atoms with Gasteiger partial charge in [0.25, 0.3) is 5.78 Å². The Morgan fingerprint density at radius 1 is 0.900 bits per heavy atom. The van der Waals surface area contributed by atoms with Gasteiger partial charge in [0.1, 0.15) is 0 Å². The van der Waals surface area contributed by atoms with Gasteiger partial charge in [-0.15, -0.1) is 0 Å². The molecule has 0 spiro atoms. The highest BCUT2D eigenvalue weighted by molar-refractivity contribution is 14.1. The minimum Gasteiger partial charge on any atom is -0.285 e. The molecule has 15 heteroatoms. The summed E-state index contributed by atoms with van der Waals surface area (Å²) in [6.07, 6.45) is 0. The van der Waals surface area contributed by atoms with Crippen LogP contribution in [0.25, 0.3) is 0 Å². The Labute approximate surface area is 117 Å². The SMILES string of the molecule is F.O=C(C(F)(F)C(F)(F)I)C(F)(F)C(F)(F)S(=O)(=O)O. The first kappa shape index (κ1) is 22.0. The number of hydrogen-bond donors (Lipinski definition) is 1. The fourth-order valence-electron chi connectivity index (χ4n) is 0.620. The Balaban J connectivity index is 0. The van der Waals surface area contributed by atoms with Crippen molar-refractivity contribution in [3.63, 3.8) is 0 Å². The van der Waals surface area contributed by atoms with Gasteiger partial charge in [-0.3, -0.25) is 14.1 Å². The van der Waals surface area contributed by atoms with Crippen LogP contribution in [0, 0.1) is 0 Å². The molecule has 0 aliphatic heterocycles. The first-order valence-electron chi connectivity index (χ1n) is 3.62. The van der Waals surface area contributed by atoms with Gasteiger partial charge in [0.05, 0.1) is 0 Å². The van der Waals surface area contributed by atoms with E-state index in [1.807, 2.05) is 0 Å². The molecule has 1 N–H and O–H groups in total. The number of rotatable bonds is 5. The molecule has 0 rings (SSSR count). The lowest BCUT2D eigenvalue weighted by molar-refractivity contribution is -0.218. The molecule has 0 aromatic heterocycles. The zero-order chi connectivity index (χ0) is 16.1. The van der Waals surface area contributed by atoms with Crippen LogP contribution in [0.15, 0.2) is 0 Å². The average Bonchev–Trinajstić information content (AvgIpc) is 2.12. The highest BCUT2D eigenvalue weighted by Gasteiger charge is 2.78. The van der Waals surface area contributed by atoms with Crippen molar-refractivity contribution in [2.45, 2.75) is 21.0 Å². The van der Waals surface area contributed by atoms with Crippen LogP contribution >= 0.6 is 22.6 Å². The van der Waals surface area contributed by atoms with E-state index in [9.17, 15) is 48.3 Å². The van der Waals surface area contributed by atoms with Crippen molar-refractivity contribution in [1.29, 1.82) is 0 Å². The Hall–Kier alpha value is -0.320. The molecule has 0 aromatic carbocycles. The molecule has 20 heavy (non-hydrogen) atoms. The van der Waals surface area contributed by atoms with E-state index in [0.29, 0.717) is 0 Å². The molecule has 0 amide bonds. The van der Waals surface area contributed by atoms with Gasteiger partial charge in [0.15, 0.2) is 0 Å². The van der Waals surface area contributed by atoms with Gasteiger partial charge in [0, 0.05) is 22.6 Å². The van der Waals surface area contributed by atoms with E-state index < -0.39 is 59.5 Å². The lowest BCUT2D eigenvalue weighted by Gasteiger charge is -2.27. The van der Waals surface area contributed by atoms with Gasteiger partial charge in [-0.05, 0) is 0 Å². The molecular formula is C5H2F9IO4S. The summed E-state index contributed by atoms with van der Waals surface area (Å²) in [5, 5.41) is -6.69. The smallest absolute Gasteiger partial charge is 0.285 e. The van der Waals surface area contributed by atoms with Crippen molar-refractivity contribution in [2.24, 2.45) is 0 Å². The first-order valence-corrected chi connectivity index (χ1v) is 6.14. The Morgan fingerprint density at radius 3 is 1.40 bits per heavy atom. The molecule has 0 aromatic rings. The molecule has 0 fully saturated rings. The third kappa shape index (κ3) is 3.29. The fourth-order valence-corrected chi connectivity index (χ4v) is 1.28. The van der Waals surface area contributed by atoms with Crippen molar-refractivity contribution < 1.29 is 57.6 Å². The van der Waals surface area contributed by atoms with Crippen molar-refractivity contribution in [3.8, 4) is 0 Å². The maximum Gasteiger partial charge on any atom is 0.439 e. The summed E-state index contributed by atoms with van der Waals surface area (Å²) in [4.78, 5) is 10.4. The molecule has 0 saturated carbocycles. The molecule has 0 aliphatic carbocycles. The second-order valence-electron chi connectivity index (χ2n) is 2.97. The largest absolute Gasteiger partial charge is 0.439 e. The van der Waals surface area contributed by atoms with Crippen molar-refractivity contribution in [3.05, 3.63) is 0 Å². The molecule has 0 radical (unpaired) electrons. The van der Waals surface area contributed by atoms with Crippen molar-refractivity contribution >= 4 is 38.5 Å². The van der Waals surface area contributed by atoms with Crippen LogP contribution in [0.5, 0.6) is 0 Å². The summed E-state index contributed by atoms with van der Waals surface area (Å²) in [7, 11) is -7.00. The van der Waals surface area contributed by atoms with E-state index in [2.05, 4.69) is 0 Å². The predicted molar refractivity (Wildman–Crippen MR) is 52.9 cm³/mol. The van der Waals surface area contributed by atoms with Gasteiger partial charge >= 0.3 is 31.1 Å². The first-order chi connectivity index (χ1) is 7.90. The third-order valence-electron chi connectivity index (χ3n) is 1.62. The monoisotopic (exact) mass is 456 g/mol. The predicted octanol–water partition coefficient (Wildman–Crippen LogP) is 2.49. The second-order valence-corrected chi connectivity index (χ2v) is 5.79. The van der Waals surface area contributed by atoms with Crippen LogP contribution in [0.2, 0.25) is 0 Å². The van der Waals surface area contributed by atoms with Crippen LogP contribution in [-0.2, 0) is 14.9 Å². The van der Waals surface area contributed by atoms with Gasteiger partial charge in [-0.2, -0.15) is 43.5 Å². The number of hydrogen-bond acceptors (Lipinski definition) is 3. The molecule has 0 heterocycles. The zero-order valence-electron chi connectivity index (χ0n) is 8.39. The number of Topliss-reactive ketones (excluding diaryl/α,β-unsaturated/α-hetero) is 1. The Kier molecular flexibility index (Phi) is 6.01. The van der Waals surface area contributed by atoms with Crippen LogP contribution in [0.3, 0.4) is 0 Å². The number of alkyl halides is 9. The van der Waals surface area contributed by atoms with Gasteiger partial charge in [-0.25, -0.2) is 0 Å². The fraction of sp³-hybridized carbons (Fsp3) is 0.800. The minimum atomic E-state index is -7.00. The molecular weight excluding hydrogens is 454 g/mol. The van der Waals surface area contributed by atoms with Crippen LogP contribution in [0.4, 0.5) is 39.8 Å². The van der Waals surface area contributed by atoms with Crippen LogP contribution in [0.1, 0.15) is 0 Å². The average molecular weight is 456 g/mol. The highest BCUT2D eigenvalue weighted by Crippen LogP contribution is 2.48. The van der Waals surface area contributed by atoms with E-state index in [4.69, 9.17) is 4.55 Å². The van der Waals surface area contributed by atoms with Crippen molar-refractivity contribution in [1.82, 2.24) is 0 Å². The molecule has 0 saturated heterocycles. The lowest BCUT2D eigenvalue weighted by Crippen LogP contribution is -2.60. The maximum atomic E-state index is 12.7. The summed E-state index contributed by atoms with van der Waals surface area (Å²) in [5.74, 6) is -17.4. The summed E-state index contributed by atoms with van der Waals surface area (Å²) in [6.45, 7) is 0. The maximum absolute atomic E-state index is 12.7. The van der Waals surface area contributed by atoms with Gasteiger partial charge < -0.3 is 0 Å². The van der Waals surface area contributed by atoms with E-state index >= 15 is 0 Å². The van der Waals surface area contributed by atoms with Gasteiger partial charge in [-0.1, -0.05) is 0 Å². The van der Waals surface area contributed by atoms with E-state index in [-0.39, 0.29) is 4.70 Å². The van der Waals surface area contributed by atoms with E-state index in [1.165, 1.54) is 0 Å². The Bertz CT molecular complexity index is 481. The summed E-state index contributed by atoms with van der Waals surface area (Å²) in [6, 6.07) is 0. The number of carbonyl (C=O) groups excluding carboxylic acids is 1. The molecule has 0 bridgehead atoms. The van der Waals surface area contributed by atoms with Crippen molar-refractivity contribution in [2.75, 3.05) is 0 Å². The number of carbonyl (C=O) groups is 1. The minimum absolute atomic E-state index is 0. The second kappa shape index (κ2) is 5.47. The highest BCUT2D eigenvalue weighted by atomic mass is 127. The zero-order valence-corrected chi connectivity index (χ0v) is 11.4.